The van der Waals surface area contributed by atoms with Gasteiger partial charge in [0, 0.05) is 23.1 Å². The van der Waals surface area contributed by atoms with Crippen LogP contribution in [0, 0.1) is 5.92 Å². The molecule has 8 heteroatoms. The fraction of sp³-hybridized carbons (Fsp3) is 0.227. The van der Waals surface area contributed by atoms with E-state index in [1.165, 1.54) is 0 Å². The van der Waals surface area contributed by atoms with E-state index in [0.717, 1.165) is 6.07 Å². The van der Waals surface area contributed by atoms with Gasteiger partial charge >= 0.3 is 5.97 Å². The van der Waals surface area contributed by atoms with E-state index >= 15 is 0 Å². The third-order valence-corrected chi connectivity index (χ3v) is 5.63. The second-order valence-corrected chi connectivity index (χ2v) is 8.03. The number of aliphatic carboxylic acids is 1. The number of rotatable bonds is 6. The summed E-state index contributed by atoms with van der Waals surface area (Å²) < 4.78 is 11.5. The maximum absolute atomic E-state index is 12.8. The van der Waals surface area contributed by atoms with Crippen molar-refractivity contribution in [2.45, 2.75) is 25.4 Å². The van der Waals surface area contributed by atoms with Gasteiger partial charge in [0.1, 0.15) is 11.9 Å². The normalized spacial score (nSPS) is 18.1. The Morgan fingerprint density at radius 2 is 1.90 bits per heavy atom. The topological polar surface area (TPSA) is 93.8 Å². The Bertz CT molecular complexity index is 1210. The standard InChI is InChI=1S/C22H16Cl2O6/c23-13-5-4-11(19(9-13)29-14-6-12(7-14)22(27)28)8-18(26)20-10-17(25)15-2-1-3-16(24)21(15)30-20/h1-5,9-10,12,14H,6-8H2,(H,27,28). The Morgan fingerprint density at radius 1 is 1.13 bits per heavy atom. The average molecular weight is 447 g/mol. The molecule has 1 aliphatic carbocycles. The first-order valence-corrected chi connectivity index (χ1v) is 10.0. The van der Waals surface area contributed by atoms with Gasteiger partial charge < -0.3 is 14.3 Å². The number of benzene rings is 2. The lowest BCUT2D eigenvalue weighted by atomic mass is 9.82. The summed E-state index contributed by atoms with van der Waals surface area (Å²) in [6.07, 6.45) is 0.456. The van der Waals surface area contributed by atoms with E-state index in [1.807, 2.05) is 0 Å². The molecule has 1 saturated carbocycles. The number of hydrogen-bond donors (Lipinski definition) is 1. The van der Waals surface area contributed by atoms with Gasteiger partial charge in [-0.3, -0.25) is 14.4 Å². The number of para-hydroxylation sites is 1. The van der Waals surface area contributed by atoms with Crippen LogP contribution in [-0.4, -0.2) is 23.0 Å². The highest BCUT2D eigenvalue weighted by atomic mass is 35.5. The van der Waals surface area contributed by atoms with Crippen molar-refractivity contribution < 1.29 is 23.8 Å². The Morgan fingerprint density at radius 3 is 2.63 bits per heavy atom. The van der Waals surface area contributed by atoms with Gasteiger partial charge in [-0.25, -0.2) is 0 Å². The molecule has 2 aromatic carbocycles. The molecule has 6 nitrogen and oxygen atoms in total. The molecule has 0 bridgehead atoms. The molecule has 30 heavy (non-hydrogen) atoms. The largest absolute Gasteiger partial charge is 0.490 e. The molecule has 1 heterocycles. The van der Waals surface area contributed by atoms with Crippen molar-refractivity contribution in [2.24, 2.45) is 5.92 Å². The molecule has 1 fully saturated rings. The number of ether oxygens (including phenoxy) is 1. The molecule has 0 aliphatic heterocycles. The number of fused-ring (bicyclic) bond motifs is 1. The summed E-state index contributed by atoms with van der Waals surface area (Å²) in [5.41, 5.74) is 0.366. The minimum Gasteiger partial charge on any atom is -0.490 e. The SMILES string of the molecule is O=C(Cc1ccc(Cl)cc1OC1CC(C(=O)O)C1)c1cc(=O)c2cccc(Cl)c2o1. The fourth-order valence-electron chi connectivity index (χ4n) is 3.37. The summed E-state index contributed by atoms with van der Waals surface area (Å²) in [4.78, 5) is 36.1. The highest BCUT2D eigenvalue weighted by molar-refractivity contribution is 6.34. The van der Waals surface area contributed by atoms with Crippen LogP contribution in [-0.2, 0) is 11.2 Å². The maximum atomic E-state index is 12.8. The minimum absolute atomic E-state index is 0.0829. The number of carbonyl (C=O) groups excluding carboxylic acids is 1. The highest BCUT2D eigenvalue weighted by Crippen LogP contribution is 2.34. The highest BCUT2D eigenvalue weighted by Gasteiger charge is 2.36. The minimum atomic E-state index is -0.846. The molecule has 0 radical (unpaired) electrons. The second kappa shape index (κ2) is 8.13. The van der Waals surface area contributed by atoms with Crippen molar-refractivity contribution in [1.29, 1.82) is 0 Å². The molecule has 4 rings (SSSR count). The molecule has 0 saturated heterocycles. The molecule has 1 aromatic heterocycles. The molecular formula is C22H16Cl2O6. The number of hydrogen-bond acceptors (Lipinski definition) is 5. The van der Waals surface area contributed by atoms with Crippen molar-refractivity contribution in [1.82, 2.24) is 0 Å². The lowest BCUT2D eigenvalue weighted by molar-refractivity contribution is -0.147. The van der Waals surface area contributed by atoms with Crippen molar-refractivity contribution in [3.05, 3.63) is 74.1 Å². The smallest absolute Gasteiger partial charge is 0.306 e. The van der Waals surface area contributed by atoms with Crippen LogP contribution in [0.3, 0.4) is 0 Å². The van der Waals surface area contributed by atoms with Crippen LogP contribution in [0.25, 0.3) is 11.0 Å². The van der Waals surface area contributed by atoms with Gasteiger partial charge in [-0.1, -0.05) is 35.3 Å². The van der Waals surface area contributed by atoms with Crippen molar-refractivity contribution in [3.63, 3.8) is 0 Å². The van der Waals surface area contributed by atoms with E-state index in [4.69, 9.17) is 37.5 Å². The van der Waals surface area contributed by atoms with Crippen LogP contribution in [0.1, 0.15) is 29.0 Å². The Kier molecular flexibility index (Phi) is 5.54. The number of ketones is 1. The van der Waals surface area contributed by atoms with Gasteiger partial charge in [0.25, 0.3) is 0 Å². The summed E-state index contributed by atoms with van der Waals surface area (Å²) in [5, 5.41) is 9.98. The molecule has 3 aromatic rings. The predicted molar refractivity (Wildman–Crippen MR) is 112 cm³/mol. The summed E-state index contributed by atoms with van der Waals surface area (Å²) in [5.74, 6) is -1.38. The Hall–Kier alpha value is -2.83. The molecule has 1 N–H and O–H groups in total. The van der Waals surface area contributed by atoms with E-state index in [9.17, 15) is 14.4 Å². The second-order valence-electron chi connectivity index (χ2n) is 7.19. The molecule has 0 unspecified atom stereocenters. The van der Waals surface area contributed by atoms with Crippen LogP contribution in [0.15, 0.2) is 51.7 Å². The summed E-state index contributed by atoms with van der Waals surface area (Å²) in [6.45, 7) is 0. The van der Waals surface area contributed by atoms with E-state index in [0.29, 0.717) is 34.6 Å². The Labute approximate surface area is 181 Å². The number of halogens is 2. The molecule has 1 aliphatic rings. The third kappa shape index (κ3) is 4.06. The first-order valence-electron chi connectivity index (χ1n) is 9.25. The van der Waals surface area contributed by atoms with Gasteiger partial charge in [-0.15, -0.1) is 0 Å². The Balaban J connectivity index is 1.58. The van der Waals surface area contributed by atoms with Crippen LogP contribution >= 0.6 is 23.2 Å². The predicted octanol–water partition coefficient (Wildman–Crippen LogP) is 4.77. The van der Waals surface area contributed by atoms with Crippen molar-refractivity contribution in [3.8, 4) is 5.75 Å². The number of carboxylic acid groups (broad SMARTS) is 1. The summed E-state index contributed by atoms with van der Waals surface area (Å²) in [6, 6.07) is 10.8. The van der Waals surface area contributed by atoms with Crippen LogP contribution in [0.2, 0.25) is 10.0 Å². The first kappa shape index (κ1) is 20.4. The third-order valence-electron chi connectivity index (χ3n) is 5.10. The molecule has 154 valence electrons. The lowest BCUT2D eigenvalue weighted by Crippen LogP contribution is -2.38. The lowest BCUT2D eigenvalue weighted by Gasteiger charge is -2.33. The zero-order chi connectivity index (χ0) is 21.4. The summed E-state index contributed by atoms with van der Waals surface area (Å²) in [7, 11) is 0. The van der Waals surface area contributed by atoms with E-state index < -0.39 is 17.7 Å². The van der Waals surface area contributed by atoms with Crippen LogP contribution in [0.4, 0.5) is 0 Å². The van der Waals surface area contributed by atoms with Gasteiger partial charge in [-0.2, -0.15) is 0 Å². The average Bonchev–Trinajstić information content (AvgIpc) is 2.66. The maximum Gasteiger partial charge on any atom is 0.306 e. The van der Waals surface area contributed by atoms with E-state index in [1.54, 1.807) is 36.4 Å². The molecule has 0 amide bonds. The monoisotopic (exact) mass is 446 g/mol. The molecule has 0 spiro atoms. The van der Waals surface area contributed by atoms with Gasteiger partial charge in [0.15, 0.2) is 16.8 Å². The zero-order valence-corrected chi connectivity index (χ0v) is 17.1. The van der Waals surface area contributed by atoms with E-state index in [2.05, 4.69) is 0 Å². The number of carbonyl (C=O) groups is 2. The zero-order valence-electron chi connectivity index (χ0n) is 15.6. The molecular weight excluding hydrogens is 431 g/mol. The number of Topliss-reactive ketones (excluding diaryl/α,β-unsaturated/α-hetero) is 1. The quantitative estimate of drug-likeness (QED) is 0.548. The van der Waals surface area contributed by atoms with Gasteiger partial charge in [0.2, 0.25) is 5.78 Å². The van der Waals surface area contributed by atoms with E-state index in [-0.39, 0.29) is 34.3 Å². The molecule has 0 atom stereocenters. The number of carboxylic acids is 1. The van der Waals surface area contributed by atoms with Gasteiger partial charge in [-0.05, 0) is 37.1 Å². The van der Waals surface area contributed by atoms with Crippen molar-refractivity contribution in [2.75, 3.05) is 0 Å². The fourth-order valence-corrected chi connectivity index (χ4v) is 3.74. The first-order chi connectivity index (χ1) is 14.3. The van der Waals surface area contributed by atoms with Crippen LogP contribution < -0.4 is 10.2 Å². The van der Waals surface area contributed by atoms with Crippen molar-refractivity contribution >= 4 is 45.9 Å². The van der Waals surface area contributed by atoms with Crippen LogP contribution in [0.5, 0.6) is 5.75 Å². The summed E-state index contributed by atoms with van der Waals surface area (Å²) >= 11 is 12.2. The van der Waals surface area contributed by atoms with Gasteiger partial charge in [0.05, 0.1) is 16.3 Å².